The van der Waals surface area contributed by atoms with E-state index in [9.17, 15) is 0 Å². The highest BCUT2D eigenvalue weighted by atomic mass is 16.5. The minimum absolute atomic E-state index is 0.370. The van der Waals surface area contributed by atoms with E-state index in [2.05, 4.69) is 5.32 Å². The second-order valence-corrected chi connectivity index (χ2v) is 3.74. The first-order valence-corrected chi connectivity index (χ1v) is 5.33. The molecule has 1 aromatic rings. The lowest BCUT2D eigenvalue weighted by atomic mass is 9.96. The molecule has 0 amide bonds. The zero-order valence-electron chi connectivity index (χ0n) is 9.87. The van der Waals surface area contributed by atoms with Gasteiger partial charge in [0.25, 0.3) is 0 Å². The average molecular weight is 223 g/mol. The van der Waals surface area contributed by atoms with Crippen molar-refractivity contribution in [3.63, 3.8) is 0 Å². The van der Waals surface area contributed by atoms with Crippen LogP contribution in [0.5, 0.6) is 17.2 Å². The number of nitrogens with one attached hydrogen (secondary N) is 1. The Morgan fingerprint density at radius 3 is 2.00 bits per heavy atom. The van der Waals surface area contributed by atoms with Gasteiger partial charge in [0.2, 0.25) is 0 Å². The van der Waals surface area contributed by atoms with Crippen LogP contribution in [0.2, 0.25) is 0 Å². The minimum atomic E-state index is 0.370. The molecule has 0 aliphatic carbocycles. The Kier molecular flexibility index (Phi) is 3.19. The molecule has 0 saturated carbocycles. The molecule has 1 aromatic carbocycles. The molecular formula is C12H17NO3. The van der Waals surface area contributed by atoms with Crippen molar-refractivity contribution in [1.29, 1.82) is 0 Å². The van der Waals surface area contributed by atoms with E-state index < -0.39 is 0 Å². The monoisotopic (exact) mass is 223 g/mol. The third kappa shape index (κ3) is 1.80. The maximum absolute atomic E-state index is 5.37. The summed E-state index contributed by atoms with van der Waals surface area (Å²) in [7, 11) is 4.93. The highest BCUT2D eigenvalue weighted by Crippen LogP contribution is 2.39. The molecule has 1 aliphatic heterocycles. The summed E-state index contributed by atoms with van der Waals surface area (Å²) in [5.74, 6) is 2.28. The van der Waals surface area contributed by atoms with Crippen molar-refractivity contribution < 1.29 is 14.2 Å². The second-order valence-electron chi connectivity index (χ2n) is 3.74. The van der Waals surface area contributed by atoms with Crippen LogP contribution < -0.4 is 19.5 Å². The molecule has 0 unspecified atom stereocenters. The van der Waals surface area contributed by atoms with Gasteiger partial charge >= 0.3 is 0 Å². The normalized spacial score (nSPS) is 18.8. The fraction of sp³-hybridized carbons (Fsp3) is 0.500. The summed E-state index contributed by atoms with van der Waals surface area (Å²) < 4.78 is 15.9. The Labute approximate surface area is 95.5 Å². The fourth-order valence-corrected chi connectivity index (χ4v) is 1.88. The van der Waals surface area contributed by atoms with Crippen LogP contribution in [0.3, 0.4) is 0 Å². The number of ether oxygens (including phenoxy) is 3. The van der Waals surface area contributed by atoms with Gasteiger partial charge in [0.05, 0.1) is 21.3 Å². The van der Waals surface area contributed by atoms with E-state index in [4.69, 9.17) is 14.2 Å². The summed E-state index contributed by atoms with van der Waals surface area (Å²) in [4.78, 5) is 0. The molecular weight excluding hydrogens is 206 g/mol. The van der Waals surface area contributed by atoms with Crippen molar-refractivity contribution in [2.75, 3.05) is 27.9 Å². The maximum Gasteiger partial charge on any atom is 0.164 e. The van der Waals surface area contributed by atoms with E-state index in [1.165, 1.54) is 0 Å². The van der Waals surface area contributed by atoms with Gasteiger partial charge in [-0.15, -0.1) is 0 Å². The third-order valence-electron chi connectivity index (χ3n) is 2.94. The van der Waals surface area contributed by atoms with Gasteiger partial charge in [-0.3, -0.25) is 0 Å². The summed E-state index contributed by atoms with van der Waals surface area (Å²) >= 11 is 0. The topological polar surface area (TPSA) is 39.7 Å². The number of rotatable bonds is 4. The molecule has 1 aliphatic rings. The van der Waals surface area contributed by atoms with E-state index >= 15 is 0 Å². The Morgan fingerprint density at radius 2 is 1.56 bits per heavy atom. The van der Waals surface area contributed by atoms with Crippen LogP contribution in [0.25, 0.3) is 0 Å². The third-order valence-corrected chi connectivity index (χ3v) is 2.94. The zero-order valence-corrected chi connectivity index (χ0v) is 9.87. The number of hydrogen-bond acceptors (Lipinski definition) is 4. The molecule has 0 radical (unpaired) electrons. The quantitative estimate of drug-likeness (QED) is 0.844. The predicted octanol–water partition coefficient (Wildman–Crippen LogP) is 1.75. The van der Waals surface area contributed by atoms with E-state index in [1.54, 1.807) is 21.3 Å². The van der Waals surface area contributed by atoms with Crippen molar-refractivity contribution in [3.05, 3.63) is 17.7 Å². The summed E-state index contributed by atoms with van der Waals surface area (Å²) in [5, 5.41) is 3.35. The summed E-state index contributed by atoms with van der Waals surface area (Å²) in [6, 6.07) is 4.22. The fourth-order valence-electron chi connectivity index (χ4n) is 1.88. The van der Waals surface area contributed by atoms with Gasteiger partial charge in [0.1, 0.15) is 5.75 Å². The predicted molar refractivity (Wildman–Crippen MR) is 61.5 cm³/mol. The van der Waals surface area contributed by atoms with E-state index in [0.29, 0.717) is 11.8 Å². The number of benzene rings is 1. The first kappa shape index (κ1) is 11.1. The van der Waals surface area contributed by atoms with E-state index in [-0.39, 0.29) is 0 Å². The highest BCUT2D eigenvalue weighted by Gasteiger charge is 2.24. The van der Waals surface area contributed by atoms with Gasteiger partial charge < -0.3 is 19.5 Å². The molecule has 4 heteroatoms. The second kappa shape index (κ2) is 4.61. The largest absolute Gasteiger partial charge is 0.496 e. The molecule has 1 atom stereocenters. The van der Waals surface area contributed by atoms with Crippen LogP contribution in [0.4, 0.5) is 0 Å². The van der Waals surface area contributed by atoms with Crippen molar-refractivity contribution in [2.45, 2.75) is 12.5 Å². The summed E-state index contributed by atoms with van der Waals surface area (Å²) in [6.07, 6.45) is 1.13. The lowest BCUT2D eigenvalue weighted by Gasteiger charge is -2.29. The lowest BCUT2D eigenvalue weighted by molar-refractivity contribution is 0.332. The summed E-state index contributed by atoms with van der Waals surface area (Å²) in [5.41, 5.74) is 1.13. The Balaban J connectivity index is 2.41. The van der Waals surface area contributed by atoms with Crippen LogP contribution in [0.1, 0.15) is 18.0 Å². The van der Waals surface area contributed by atoms with E-state index in [1.807, 2.05) is 12.1 Å². The minimum Gasteiger partial charge on any atom is -0.496 e. The van der Waals surface area contributed by atoms with Crippen LogP contribution >= 0.6 is 0 Å². The molecule has 1 heterocycles. The van der Waals surface area contributed by atoms with Crippen LogP contribution in [0.15, 0.2) is 12.1 Å². The molecule has 0 spiro atoms. The first-order chi connectivity index (χ1) is 7.80. The zero-order chi connectivity index (χ0) is 11.5. The molecule has 1 fully saturated rings. The Bertz CT molecular complexity index is 375. The van der Waals surface area contributed by atoms with Gasteiger partial charge in [-0.05, 0) is 19.0 Å². The van der Waals surface area contributed by atoms with Crippen molar-refractivity contribution in [1.82, 2.24) is 5.32 Å². The molecule has 88 valence electrons. The standard InChI is InChI=1S/C12H17NO3/c1-14-10-7-12(16-3)11(15-2)6-8(10)9-4-5-13-9/h6-7,9,13H,4-5H2,1-3H3/t9-/m0/s1. The SMILES string of the molecule is COc1cc(OC)c([C@@H]2CCN2)cc1OC. The van der Waals surface area contributed by atoms with Gasteiger partial charge in [0, 0.05) is 17.7 Å². The van der Waals surface area contributed by atoms with Crippen molar-refractivity contribution in [2.24, 2.45) is 0 Å². The van der Waals surface area contributed by atoms with Crippen molar-refractivity contribution >= 4 is 0 Å². The van der Waals surface area contributed by atoms with Gasteiger partial charge in [-0.2, -0.15) is 0 Å². The molecule has 1 saturated heterocycles. The van der Waals surface area contributed by atoms with Crippen LogP contribution in [-0.4, -0.2) is 27.9 Å². The smallest absolute Gasteiger partial charge is 0.164 e. The van der Waals surface area contributed by atoms with Crippen molar-refractivity contribution in [3.8, 4) is 17.2 Å². The van der Waals surface area contributed by atoms with Gasteiger partial charge in [-0.25, -0.2) is 0 Å². The Morgan fingerprint density at radius 1 is 1.00 bits per heavy atom. The van der Waals surface area contributed by atoms with Gasteiger partial charge in [-0.1, -0.05) is 0 Å². The molecule has 1 N–H and O–H groups in total. The average Bonchev–Trinajstić information content (AvgIpc) is 2.26. The Hall–Kier alpha value is -1.42. The lowest BCUT2D eigenvalue weighted by Crippen LogP contribution is -2.35. The van der Waals surface area contributed by atoms with Crippen LogP contribution in [-0.2, 0) is 0 Å². The first-order valence-electron chi connectivity index (χ1n) is 5.33. The highest BCUT2D eigenvalue weighted by molar-refractivity contribution is 5.52. The molecule has 4 nitrogen and oxygen atoms in total. The number of methoxy groups -OCH3 is 3. The maximum atomic E-state index is 5.37. The molecule has 0 aromatic heterocycles. The van der Waals surface area contributed by atoms with Crippen LogP contribution in [0, 0.1) is 0 Å². The summed E-state index contributed by atoms with van der Waals surface area (Å²) in [6.45, 7) is 1.06. The molecule has 16 heavy (non-hydrogen) atoms. The van der Waals surface area contributed by atoms with E-state index in [0.717, 1.165) is 30.0 Å². The number of hydrogen-bond donors (Lipinski definition) is 1. The van der Waals surface area contributed by atoms with Gasteiger partial charge in [0.15, 0.2) is 11.5 Å². The molecule has 2 rings (SSSR count). The molecule has 0 bridgehead atoms.